The van der Waals surface area contributed by atoms with Crippen molar-refractivity contribution in [3.8, 4) is 0 Å². The second-order valence-electron chi connectivity index (χ2n) is 4.71. The van der Waals surface area contributed by atoms with Crippen molar-refractivity contribution in [2.45, 2.75) is 24.3 Å². The van der Waals surface area contributed by atoms with Crippen LogP contribution in [0.3, 0.4) is 0 Å². The van der Waals surface area contributed by atoms with Crippen LogP contribution in [0.5, 0.6) is 0 Å². The Bertz CT molecular complexity index is 527. The van der Waals surface area contributed by atoms with Crippen molar-refractivity contribution in [3.05, 3.63) is 66.2 Å². The molecule has 0 aromatic heterocycles. The fourth-order valence-corrected chi connectivity index (χ4v) is 3.00. The first kappa shape index (κ1) is 14.7. The summed E-state index contributed by atoms with van der Waals surface area (Å²) < 4.78 is 0. The van der Waals surface area contributed by atoms with E-state index in [0.717, 1.165) is 12.2 Å². The lowest BCUT2D eigenvalue weighted by Crippen LogP contribution is -2.36. The molecule has 0 aliphatic rings. The van der Waals surface area contributed by atoms with E-state index in [1.165, 1.54) is 10.5 Å². The summed E-state index contributed by atoms with van der Waals surface area (Å²) in [6.07, 6.45) is 0.861. The zero-order valence-corrected chi connectivity index (χ0v) is 12.4. The largest absolute Gasteiger partial charge is 0.352 e. The Morgan fingerprint density at radius 1 is 1.05 bits per heavy atom. The van der Waals surface area contributed by atoms with Gasteiger partial charge in [0, 0.05) is 23.6 Å². The molecule has 2 aromatic carbocycles. The summed E-state index contributed by atoms with van der Waals surface area (Å²) in [5.41, 5.74) is 1.25. The molecule has 1 N–H and O–H groups in total. The minimum Gasteiger partial charge on any atom is -0.352 e. The van der Waals surface area contributed by atoms with Gasteiger partial charge in [0.1, 0.15) is 0 Å². The number of nitrogens with one attached hydrogen (secondary N) is 1. The zero-order chi connectivity index (χ0) is 14.2. The van der Waals surface area contributed by atoms with Crippen LogP contribution in [0.4, 0.5) is 0 Å². The maximum Gasteiger partial charge on any atom is 0.217 e. The quantitative estimate of drug-likeness (QED) is 0.823. The molecule has 0 saturated carbocycles. The van der Waals surface area contributed by atoms with Crippen LogP contribution in [0.2, 0.25) is 0 Å². The first-order valence-electron chi connectivity index (χ1n) is 6.73. The van der Waals surface area contributed by atoms with Gasteiger partial charge in [0.15, 0.2) is 0 Å². The average molecular weight is 285 g/mol. The minimum atomic E-state index is 0.0274. The molecule has 0 spiro atoms. The van der Waals surface area contributed by atoms with Gasteiger partial charge in [-0.15, -0.1) is 11.8 Å². The van der Waals surface area contributed by atoms with E-state index in [-0.39, 0.29) is 11.9 Å². The van der Waals surface area contributed by atoms with Crippen molar-refractivity contribution in [2.24, 2.45) is 0 Å². The van der Waals surface area contributed by atoms with Crippen LogP contribution in [-0.4, -0.2) is 17.7 Å². The highest BCUT2D eigenvalue weighted by Crippen LogP contribution is 2.19. The van der Waals surface area contributed by atoms with E-state index >= 15 is 0 Å². The lowest BCUT2D eigenvalue weighted by molar-refractivity contribution is -0.119. The maximum atomic E-state index is 11.3. The SMILES string of the molecule is CC(=O)N[C@@H](CSc1ccccc1)Cc1ccccc1. The van der Waals surface area contributed by atoms with E-state index in [0.29, 0.717) is 0 Å². The smallest absolute Gasteiger partial charge is 0.217 e. The van der Waals surface area contributed by atoms with Gasteiger partial charge in [-0.25, -0.2) is 0 Å². The van der Waals surface area contributed by atoms with Gasteiger partial charge in [-0.3, -0.25) is 4.79 Å². The molecule has 0 aliphatic heterocycles. The van der Waals surface area contributed by atoms with Crippen molar-refractivity contribution in [3.63, 3.8) is 0 Å². The molecule has 2 aromatic rings. The van der Waals surface area contributed by atoms with Gasteiger partial charge in [-0.1, -0.05) is 48.5 Å². The highest BCUT2D eigenvalue weighted by molar-refractivity contribution is 7.99. The van der Waals surface area contributed by atoms with Crippen molar-refractivity contribution in [1.29, 1.82) is 0 Å². The fourth-order valence-electron chi connectivity index (χ4n) is 2.05. The number of thioether (sulfide) groups is 1. The number of carbonyl (C=O) groups excluding carboxylic acids is 1. The molecule has 2 nitrogen and oxygen atoms in total. The van der Waals surface area contributed by atoms with Gasteiger partial charge >= 0.3 is 0 Å². The van der Waals surface area contributed by atoms with Crippen LogP contribution in [0.1, 0.15) is 12.5 Å². The second-order valence-corrected chi connectivity index (χ2v) is 5.80. The average Bonchev–Trinajstić information content (AvgIpc) is 2.46. The number of benzene rings is 2. The number of rotatable bonds is 6. The van der Waals surface area contributed by atoms with Gasteiger partial charge < -0.3 is 5.32 Å². The molecule has 0 fully saturated rings. The topological polar surface area (TPSA) is 29.1 Å². The van der Waals surface area contributed by atoms with Crippen LogP contribution in [0.25, 0.3) is 0 Å². The Labute approximate surface area is 124 Å². The summed E-state index contributed by atoms with van der Waals surface area (Å²) in [4.78, 5) is 12.6. The molecule has 2 rings (SSSR count). The summed E-state index contributed by atoms with van der Waals surface area (Å²) in [6.45, 7) is 1.57. The van der Waals surface area contributed by atoms with E-state index in [2.05, 4.69) is 29.6 Å². The third-order valence-corrected chi connectivity index (χ3v) is 4.10. The van der Waals surface area contributed by atoms with Gasteiger partial charge in [-0.2, -0.15) is 0 Å². The molecule has 0 bridgehead atoms. The Morgan fingerprint density at radius 2 is 1.65 bits per heavy atom. The highest BCUT2D eigenvalue weighted by Gasteiger charge is 2.11. The Balaban J connectivity index is 1.95. The molecular formula is C17H19NOS. The summed E-state index contributed by atoms with van der Waals surface area (Å²) in [5, 5.41) is 3.04. The highest BCUT2D eigenvalue weighted by atomic mass is 32.2. The van der Waals surface area contributed by atoms with Crippen molar-refractivity contribution >= 4 is 17.7 Å². The predicted molar refractivity (Wildman–Crippen MR) is 84.9 cm³/mol. The molecule has 0 unspecified atom stereocenters. The van der Waals surface area contributed by atoms with Gasteiger partial charge in [0.25, 0.3) is 0 Å². The number of carbonyl (C=O) groups is 1. The van der Waals surface area contributed by atoms with Crippen molar-refractivity contribution in [1.82, 2.24) is 5.32 Å². The first-order valence-corrected chi connectivity index (χ1v) is 7.71. The lowest BCUT2D eigenvalue weighted by Gasteiger charge is -2.17. The summed E-state index contributed by atoms with van der Waals surface area (Å²) >= 11 is 1.78. The van der Waals surface area contributed by atoms with E-state index < -0.39 is 0 Å². The third kappa shape index (κ3) is 5.10. The lowest BCUT2D eigenvalue weighted by atomic mass is 10.1. The van der Waals surface area contributed by atoms with Crippen molar-refractivity contribution < 1.29 is 4.79 Å². The third-order valence-electron chi connectivity index (χ3n) is 2.93. The molecule has 0 aliphatic carbocycles. The number of amides is 1. The maximum absolute atomic E-state index is 11.3. The summed E-state index contributed by atoms with van der Waals surface area (Å²) in [7, 11) is 0. The van der Waals surface area contributed by atoms with E-state index in [4.69, 9.17) is 0 Å². The van der Waals surface area contributed by atoms with Gasteiger partial charge in [0.05, 0.1) is 0 Å². The summed E-state index contributed by atoms with van der Waals surface area (Å²) in [6, 6.07) is 20.7. The van der Waals surface area contributed by atoms with Crippen LogP contribution in [0, 0.1) is 0 Å². The fraction of sp³-hybridized carbons (Fsp3) is 0.235. The number of hydrogen-bond donors (Lipinski definition) is 1. The molecular weight excluding hydrogens is 266 g/mol. The first-order chi connectivity index (χ1) is 9.74. The van der Waals surface area contributed by atoms with Crippen LogP contribution >= 0.6 is 11.8 Å². The Kier molecular flexibility index (Phi) is 5.69. The second kappa shape index (κ2) is 7.75. The zero-order valence-electron chi connectivity index (χ0n) is 11.6. The molecule has 0 heterocycles. The summed E-state index contributed by atoms with van der Waals surface area (Å²) in [5.74, 6) is 0.901. The Hall–Kier alpha value is -1.74. The molecule has 1 atom stereocenters. The van der Waals surface area contributed by atoms with Gasteiger partial charge in [0.2, 0.25) is 5.91 Å². The molecule has 1 amide bonds. The molecule has 104 valence electrons. The van der Waals surface area contributed by atoms with Crippen LogP contribution in [-0.2, 0) is 11.2 Å². The molecule has 0 radical (unpaired) electrons. The predicted octanol–water partition coefficient (Wildman–Crippen LogP) is 3.53. The van der Waals surface area contributed by atoms with E-state index in [1.54, 1.807) is 18.7 Å². The minimum absolute atomic E-state index is 0.0274. The standard InChI is InChI=1S/C17H19NOS/c1-14(19)18-16(12-15-8-4-2-5-9-15)13-20-17-10-6-3-7-11-17/h2-11,16H,12-13H2,1H3,(H,18,19)/t16-/m1/s1. The van der Waals surface area contributed by atoms with Crippen LogP contribution < -0.4 is 5.32 Å². The normalized spacial score (nSPS) is 11.8. The molecule has 3 heteroatoms. The van der Waals surface area contributed by atoms with Crippen molar-refractivity contribution in [2.75, 3.05) is 5.75 Å². The van der Waals surface area contributed by atoms with Gasteiger partial charge in [-0.05, 0) is 24.1 Å². The van der Waals surface area contributed by atoms with E-state index in [1.807, 2.05) is 36.4 Å². The molecule has 20 heavy (non-hydrogen) atoms. The number of hydrogen-bond acceptors (Lipinski definition) is 2. The van der Waals surface area contributed by atoms with Crippen LogP contribution in [0.15, 0.2) is 65.6 Å². The monoisotopic (exact) mass is 285 g/mol. The Morgan fingerprint density at radius 3 is 2.25 bits per heavy atom. The van der Waals surface area contributed by atoms with E-state index in [9.17, 15) is 4.79 Å². The molecule has 0 saturated heterocycles.